The molecule has 3 atom stereocenters. The van der Waals surface area contributed by atoms with Crippen LogP contribution in [0.4, 0.5) is 26.3 Å². The van der Waals surface area contributed by atoms with Crippen molar-refractivity contribution < 1.29 is 40.7 Å². The lowest BCUT2D eigenvalue weighted by atomic mass is 9.84. The summed E-state index contributed by atoms with van der Waals surface area (Å²) in [4.78, 5) is 47.3. The van der Waals surface area contributed by atoms with E-state index < -0.39 is 76.6 Å². The lowest BCUT2D eigenvalue weighted by molar-refractivity contribution is -0.138. The van der Waals surface area contributed by atoms with Gasteiger partial charge in [-0.2, -0.15) is 26.3 Å². The number of rotatable bonds is 9. The second-order valence-electron chi connectivity index (χ2n) is 11.8. The van der Waals surface area contributed by atoms with E-state index in [9.17, 15) is 40.7 Å². The van der Waals surface area contributed by atoms with E-state index >= 15 is 0 Å². The van der Waals surface area contributed by atoms with Crippen LogP contribution in [0.3, 0.4) is 0 Å². The Balaban J connectivity index is 0.00000541. The van der Waals surface area contributed by atoms with Gasteiger partial charge >= 0.3 is 12.4 Å². The number of alkyl halides is 6. The van der Waals surface area contributed by atoms with Crippen LogP contribution in [0.1, 0.15) is 58.9 Å². The maximum absolute atomic E-state index is 14.5. The molecular formula is C36H32ClF6N3O3. The number of pyridine rings is 1. The highest BCUT2D eigenvalue weighted by Crippen LogP contribution is 2.36. The highest BCUT2D eigenvalue weighted by Gasteiger charge is 2.48. The number of hydrogen-bond donors (Lipinski definition) is 1. The summed E-state index contributed by atoms with van der Waals surface area (Å²) in [6.07, 6.45) is -7.06. The van der Waals surface area contributed by atoms with Crippen LogP contribution in [0.25, 0.3) is 0 Å². The van der Waals surface area contributed by atoms with Gasteiger partial charge in [0.2, 0.25) is 0 Å². The SMILES string of the molecule is Cc1ccc(CC2NCC(C(=O)c3ccccc3C(F)(F)F)N(CC(=O)c3cccnc3)C2C(=O)c2ccccc2C(F)(F)F)cc1C.Cl. The average molecular weight is 704 g/mol. The summed E-state index contributed by atoms with van der Waals surface area (Å²) in [6.45, 7) is 2.83. The predicted octanol–water partition coefficient (Wildman–Crippen LogP) is 7.36. The van der Waals surface area contributed by atoms with Gasteiger partial charge in [-0.25, -0.2) is 0 Å². The average Bonchev–Trinajstić information content (AvgIpc) is 3.05. The van der Waals surface area contributed by atoms with E-state index in [4.69, 9.17) is 0 Å². The van der Waals surface area contributed by atoms with Crippen LogP contribution < -0.4 is 5.32 Å². The Bertz CT molecular complexity index is 1830. The van der Waals surface area contributed by atoms with Gasteiger partial charge in [-0.1, -0.05) is 54.6 Å². The molecule has 1 N–H and O–H groups in total. The largest absolute Gasteiger partial charge is 0.417 e. The molecule has 49 heavy (non-hydrogen) atoms. The van der Waals surface area contributed by atoms with Gasteiger partial charge in [-0.15, -0.1) is 12.4 Å². The van der Waals surface area contributed by atoms with Crippen molar-refractivity contribution in [1.82, 2.24) is 15.2 Å². The lowest BCUT2D eigenvalue weighted by Crippen LogP contribution is -2.68. The van der Waals surface area contributed by atoms with Crippen LogP contribution in [0.5, 0.6) is 0 Å². The standard InChI is InChI=1S/C36H31F6N3O3.ClH/c1-21-13-14-23(16-22(21)2)17-29-32(34(48)26-10-4-6-12-28(26)36(40,41)42)45(20-31(46)24-8-7-15-43-18-24)30(19-44-29)33(47)25-9-3-5-11-27(25)35(37,38)39;/h3-16,18,29-30,32,44H,17,19-20H2,1-2H3;1H. The van der Waals surface area contributed by atoms with Crippen molar-refractivity contribution in [1.29, 1.82) is 0 Å². The Morgan fingerprint density at radius 1 is 0.796 bits per heavy atom. The molecule has 0 spiro atoms. The molecule has 1 aromatic heterocycles. The fourth-order valence-corrected chi connectivity index (χ4v) is 6.08. The fraction of sp³-hybridized carbons (Fsp3) is 0.278. The Morgan fingerprint density at radius 2 is 1.39 bits per heavy atom. The minimum Gasteiger partial charge on any atom is -0.310 e. The van der Waals surface area contributed by atoms with Gasteiger partial charge in [0.05, 0.1) is 29.8 Å². The first-order valence-corrected chi connectivity index (χ1v) is 15.1. The third kappa shape index (κ3) is 8.26. The van der Waals surface area contributed by atoms with Crippen molar-refractivity contribution in [3.63, 3.8) is 0 Å². The number of Topliss-reactive ketones (excluding diaryl/α,β-unsaturated/α-hetero) is 3. The molecule has 5 rings (SSSR count). The first-order chi connectivity index (χ1) is 22.7. The number of benzene rings is 3. The van der Waals surface area contributed by atoms with E-state index in [2.05, 4.69) is 10.3 Å². The van der Waals surface area contributed by atoms with Gasteiger partial charge in [0, 0.05) is 41.7 Å². The van der Waals surface area contributed by atoms with Crippen molar-refractivity contribution >= 4 is 29.8 Å². The number of aryl methyl sites for hydroxylation is 2. The molecule has 4 aromatic rings. The molecular weight excluding hydrogens is 672 g/mol. The van der Waals surface area contributed by atoms with Gasteiger partial charge in [-0.05, 0) is 61.2 Å². The van der Waals surface area contributed by atoms with E-state index in [0.29, 0.717) is 0 Å². The van der Waals surface area contributed by atoms with Crippen molar-refractivity contribution in [3.8, 4) is 0 Å². The number of nitrogens with zero attached hydrogens (tertiary/aromatic N) is 2. The summed E-state index contributed by atoms with van der Waals surface area (Å²) in [6, 6.07) is 12.7. The summed E-state index contributed by atoms with van der Waals surface area (Å²) >= 11 is 0. The van der Waals surface area contributed by atoms with E-state index in [-0.39, 0.29) is 30.9 Å². The maximum Gasteiger partial charge on any atom is 0.417 e. The summed E-state index contributed by atoms with van der Waals surface area (Å²) in [5.41, 5.74) is -1.08. The van der Waals surface area contributed by atoms with Crippen LogP contribution >= 0.6 is 12.4 Å². The Morgan fingerprint density at radius 3 is 1.94 bits per heavy atom. The third-order valence-corrected chi connectivity index (χ3v) is 8.62. The second kappa shape index (κ2) is 15.0. The fourth-order valence-electron chi connectivity index (χ4n) is 6.08. The molecule has 1 aliphatic rings. The van der Waals surface area contributed by atoms with Crippen molar-refractivity contribution in [3.05, 3.63) is 136 Å². The Kier molecular flexibility index (Phi) is 11.5. The normalized spacial score (nSPS) is 18.4. The number of ketones is 3. The number of carbonyl (C=O) groups excluding carboxylic acids is 3. The van der Waals surface area contributed by atoms with E-state index in [1.54, 1.807) is 6.07 Å². The van der Waals surface area contributed by atoms with Gasteiger partial charge in [0.15, 0.2) is 17.3 Å². The molecule has 13 heteroatoms. The number of halogens is 7. The molecule has 6 nitrogen and oxygen atoms in total. The lowest BCUT2D eigenvalue weighted by Gasteiger charge is -2.45. The number of carbonyl (C=O) groups is 3. The van der Waals surface area contributed by atoms with E-state index in [1.807, 2.05) is 26.0 Å². The second-order valence-corrected chi connectivity index (χ2v) is 11.8. The molecule has 2 heterocycles. The zero-order valence-electron chi connectivity index (χ0n) is 26.3. The maximum atomic E-state index is 14.5. The monoisotopic (exact) mass is 703 g/mol. The zero-order chi connectivity index (χ0) is 34.8. The predicted molar refractivity (Wildman–Crippen MR) is 173 cm³/mol. The van der Waals surface area contributed by atoms with Gasteiger partial charge < -0.3 is 5.32 Å². The van der Waals surface area contributed by atoms with E-state index in [0.717, 1.165) is 58.0 Å². The van der Waals surface area contributed by atoms with Crippen molar-refractivity contribution in [2.75, 3.05) is 13.1 Å². The molecule has 0 saturated carbocycles. The molecule has 3 unspecified atom stereocenters. The number of aromatic nitrogens is 1. The van der Waals surface area contributed by atoms with Crippen LogP contribution in [-0.2, 0) is 18.8 Å². The van der Waals surface area contributed by atoms with Crippen molar-refractivity contribution in [2.45, 2.75) is 50.7 Å². The molecule has 3 aromatic carbocycles. The molecule has 1 fully saturated rings. The van der Waals surface area contributed by atoms with Crippen LogP contribution in [-0.4, -0.2) is 58.4 Å². The quantitative estimate of drug-likeness (QED) is 0.145. The number of piperazine rings is 1. The minimum atomic E-state index is -4.92. The van der Waals surface area contributed by atoms with Gasteiger partial charge in [-0.3, -0.25) is 24.3 Å². The Hall–Kier alpha value is -4.39. The molecule has 1 aliphatic heterocycles. The summed E-state index contributed by atoms with van der Waals surface area (Å²) in [5.74, 6) is -2.70. The molecule has 0 bridgehead atoms. The topological polar surface area (TPSA) is 79.4 Å². The first-order valence-electron chi connectivity index (χ1n) is 15.1. The smallest absolute Gasteiger partial charge is 0.310 e. The number of hydrogen-bond acceptors (Lipinski definition) is 6. The zero-order valence-corrected chi connectivity index (χ0v) is 27.1. The molecule has 258 valence electrons. The number of nitrogens with one attached hydrogen (secondary N) is 1. The summed E-state index contributed by atoms with van der Waals surface area (Å²) in [7, 11) is 0. The third-order valence-electron chi connectivity index (χ3n) is 8.62. The van der Waals surface area contributed by atoms with Gasteiger partial charge in [0.1, 0.15) is 0 Å². The molecule has 0 amide bonds. The van der Waals surface area contributed by atoms with Gasteiger partial charge in [0.25, 0.3) is 0 Å². The highest BCUT2D eigenvalue weighted by molar-refractivity contribution is 6.06. The summed E-state index contributed by atoms with van der Waals surface area (Å²) in [5, 5.41) is 3.09. The van der Waals surface area contributed by atoms with Crippen molar-refractivity contribution in [2.24, 2.45) is 0 Å². The van der Waals surface area contributed by atoms with Crippen LogP contribution in [0.15, 0.2) is 91.3 Å². The van der Waals surface area contributed by atoms with E-state index in [1.165, 1.54) is 36.7 Å². The van der Waals surface area contributed by atoms with Crippen LogP contribution in [0, 0.1) is 13.8 Å². The molecule has 0 aliphatic carbocycles. The van der Waals surface area contributed by atoms with Crippen LogP contribution in [0.2, 0.25) is 0 Å². The summed E-state index contributed by atoms with van der Waals surface area (Å²) < 4.78 is 84.8. The highest BCUT2D eigenvalue weighted by atomic mass is 35.5. The Labute approximate surface area is 285 Å². The molecule has 1 saturated heterocycles. The molecule has 0 radical (unpaired) electrons. The first kappa shape index (κ1) is 37.4. The minimum absolute atomic E-state index is 0.